The van der Waals surface area contributed by atoms with Crippen molar-refractivity contribution in [3.63, 3.8) is 0 Å². The van der Waals surface area contributed by atoms with Crippen LogP contribution in [0.15, 0.2) is 24.3 Å². The van der Waals surface area contributed by atoms with Gasteiger partial charge in [-0.1, -0.05) is 39.0 Å². The van der Waals surface area contributed by atoms with Crippen LogP contribution >= 0.6 is 0 Å². The highest BCUT2D eigenvalue weighted by atomic mass is 19.1. The van der Waals surface area contributed by atoms with E-state index in [9.17, 15) is 23.9 Å². The topological polar surface area (TPSA) is 98.7 Å². The van der Waals surface area contributed by atoms with Gasteiger partial charge < -0.3 is 20.6 Å². The van der Waals surface area contributed by atoms with E-state index in [0.717, 1.165) is 0 Å². The van der Waals surface area contributed by atoms with E-state index in [2.05, 4.69) is 10.6 Å². The molecule has 1 saturated heterocycles. The summed E-state index contributed by atoms with van der Waals surface area (Å²) in [6, 6.07) is 5.13. The minimum atomic E-state index is -1.87. The Morgan fingerprint density at radius 1 is 1.27 bits per heavy atom. The molecule has 1 heterocycles. The van der Waals surface area contributed by atoms with Crippen LogP contribution in [0, 0.1) is 5.41 Å². The molecule has 1 aliphatic heterocycles. The molecule has 0 aromatic heterocycles. The van der Waals surface area contributed by atoms with Gasteiger partial charge in [0.15, 0.2) is 5.67 Å². The molecule has 2 fully saturated rings. The summed E-state index contributed by atoms with van der Waals surface area (Å²) in [6.45, 7) is 5.95. The zero-order valence-corrected chi connectivity index (χ0v) is 17.7. The largest absolute Gasteiger partial charge is 0.508 e. The Morgan fingerprint density at radius 2 is 1.93 bits per heavy atom. The van der Waals surface area contributed by atoms with E-state index in [1.54, 1.807) is 45.0 Å². The third-order valence-corrected chi connectivity index (χ3v) is 5.77. The number of alkyl halides is 1. The quantitative estimate of drug-likeness (QED) is 0.657. The molecule has 1 saturated carbocycles. The highest BCUT2D eigenvalue weighted by Gasteiger charge is 2.53. The SMILES string of the molecule is CC(C)(C)C(NC(=O)C1(F)CC1)C(=O)N1CCCC1C(=O)NCc1ccccc1O. The number of halogens is 1. The monoisotopic (exact) mass is 419 g/mol. The molecular weight excluding hydrogens is 389 g/mol. The van der Waals surface area contributed by atoms with Gasteiger partial charge in [0.25, 0.3) is 5.91 Å². The predicted molar refractivity (Wildman–Crippen MR) is 109 cm³/mol. The van der Waals surface area contributed by atoms with E-state index in [1.807, 2.05) is 0 Å². The number of phenolic OH excluding ortho intramolecular Hbond substituents is 1. The molecule has 2 aliphatic rings. The van der Waals surface area contributed by atoms with Gasteiger partial charge in [-0.2, -0.15) is 0 Å². The first-order valence-corrected chi connectivity index (χ1v) is 10.4. The van der Waals surface area contributed by atoms with Crippen LogP contribution in [0.3, 0.4) is 0 Å². The molecule has 3 amide bonds. The number of benzene rings is 1. The van der Waals surface area contributed by atoms with Gasteiger partial charge in [-0.3, -0.25) is 14.4 Å². The van der Waals surface area contributed by atoms with E-state index in [1.165, 1.54) is 4.90 Å². The fourth-order valence-corrected chi connectivity index (χ4v) is 3.68. The molecule has 3 N–H and O–H groups in total. The third-order valence-electron chi connectivity index (χ3n) is 5.77. The normalized spacial score (nSPS) is 21.1. The molecule has 0 spiro atoms. The zero-order valence-electron chi connectivity index (χ0n) is 17.7. The maximum atomic E-state index is 14.2. The van der Waals surface area contributed by atoms with E-state index in [-0.39, 0.29) is 37.0 Å². The van der Waals surface area contributed by atoms with Gasteiger partial charge in [-0.15, -0.1) is 0 Å². The zero-order chi connectivity index (χ0) is 22.1. The average molecular weight is 419 g/mol. The predicted octanol–water partition coefficient (Wildman–Crippen LogP) is 2.03. The molecule has 1 aliphatic carbocycles. The summed E-state index contributed by atoms with van der Waals surface area (Å²) in [5, 5.41) is 15.2. The molecule has 164 valence electrons. The van der Waals surface area contributed by atoms with Crippen molar-refractivity contribution in [3.8, 4) is 5.75 Å². The van der Waals surface area contributed by atoms with Gasteiger partial charge in [0.05, 0.1) is 0 Å². The smallest absolute Gasteiger partial charge is 0.258 e. The second kappa shape index (κ2) is 8.24. The van der Waals surface area contributed by atoms with Gasteiger partial charge in [0.2, 0.25) is 11.8 Å². The van der Waals surface area contributed by atoms with E-state index < -0.39 is 29.1 Å². The van der Waals surface area contributed by atoms with Crippen LogP contribution in [0.4, 0.5) is 4.39 Å². The molecular formula is C22H30FN3O4. The minimum Gasteiger partial charge on any atom is -0.508 e. The number of para-hydroxylation sites is 1. The highest BCUT2D eigenvalue weighted by molar-refractivity contribution is 5.95. The number of carbonyl (C=O) groups is 3. The molecule has 0 radical (unpaired) electrons. The van der Waals surface area contributed by atoms with Crippen molar-refractivity contribution < 1.29 is 23.9 Å². The number of hydrogen-bond acceptors (Lipinski definition) is 4. The lowest BCUT2D eigenvalue weighted by molar-refractivity contribution is -0.144. The summed E-state index contributed by atoms with van der Waals surface area (Å²) in [4.78, 5) is 39.8. The van der Waals surface area contributed by atoms with Crippen molar-refractivity contribution in [1.82, 2.24) is 15.5 Å². The van der Waals surface area contributed by atoms with E-state index in [4.69, 9.17) is 0 Å². The molecule has 1 aromatic rings. The number of amides is 3. The van der Waals surface area contributed by atoms with Gasteiger partial charge in [0, 0.05) is 18.7 Å². The standard InChI is InChI=1S/C22H30FN3O4/c1-21(2,3)17(25-20(30)22(23)10-11-22)19(29)26-12-6-8-15(26)18(28)24-13-14-7-4-5-9-16(14)27/h4-5,7,9,15,17,27H,6,8,10-13H2,1-3H3,(H,24,28)(H,25,30). The summed E-state index contributed by atoms with van der Waals surface area (Å²) in [6.07, 6.45) is 1.52. The summed E-state index contributed by atoms with van der Waals surface area (Å²) < 4.78 is 14.2. The molecule has 1 aromatic carbocycles. The molecule has 0 bridgehead atoms. The maximum Gasteiger partial charge on any atom is 0.258 e. The third kappa shape index (κ3) is 4.74. The summed E-state index contributed by atoms with van der Waals surface area (Å²) in [5.74, 6) is -1.35. The van der Waals surface area contributed by atoms with Crippen LogP contribution in [0.1, 0.15) is 52.0 Å². The number of phenols is 1. The number of likely N-dealkylation sites (tertiary alicyclic amines) is 1. The van der Waals surface area contributed by atoms with Crippen molar-refractivity contribution in [3.05, 3.63) is 29.8 Å². The maximum absolute atomic E-state index is 14.2. The fourth-order valence-electron chi connectivity index (χ4n) is 3.68. The summed E-state index contributed by atoms with van der Waals surface area (Å²) >= 11 is 0. The highest BCUT2D eigenvalue weighted by Crippen LogP contribution is 2.40. The van der Waals surface area contributed by atoms with Crippen LogP contribution in [0.2, 0.25) is 0 Å². The molecule has 7 nitrogen and oxygen atoms in total. The first kappa shape index (κ1) is 22.1. The number of nitrogens with one attached hydrogen (secondary N) is 2. The van der Waals surface area contributed by atoms with Crippen molar-refractivity contribution in [2.75, 3.05) is 6.54 Å². The van der Waals surface area contributed by atoms with Crippen molar-refractivity contribution in [2.24, 2.45) is 5.41 Å². The molecule has 2 atom stereocenters. The van der Waals surface area contributed by atoms with Crippen LogP contribution in [0.25, 0.3) is 0 Å². The van der Waals surface area contributed by atoms with Crippen molar-refractivity contribution >= 4 is 17.7 Å². The van der Waals surface area contributed by atoms with E-state index >= 15 is 0 Å². The second-order valence-corrected chi connectivity index (χ2v) is 9.27. The lowest BCUT2D eigenvalue weighted by Gasteiger charge is -2.35. The van der Waals surface area contributed by atoms with Gasteiger partial charge in [-0.25, -0.2) is 4.39 Å². The fraction of sp³-hybridized carbons (Fsp3) is 0.591. The van der Waals surface area contributed by atoms with Crippen LogP contribution in [-0.4, -0.2) is 52.0 Å². The Hall–Kier alpha value is -2.64. The Kier molecular flexibility index (Phi) is 6.06. The van der Waals surface area contributed by atoms with Crippen molar-refractivity contribution in [2.45, 2.75) is 70.8 Å². The lowest BCUT2D eigenvalue weighted by Crippen LogP contribution is -2.58. The van der Waals surface area contributed by atoms with Gasteiger partial charge >= 0.3 is 0 Å². The number of hydrogen-bond donors (Lipinski definition) is 3. The Morgan fingerprint density at radius 3 is 2.53 bits per heavy atom. The summed E-state index contributed by atoms with van der Waals surface area (Å²) in [7, 11) is 0. The van der Waals surface area contributed by atoms with Crippen LogP contribution in [-0.2, 0) is 20.9 Å². The summed E-state index contributed by atoms with van der Waals surface area (Å²) in [5.41, 5.74) is -1.93. The first-order valence-electron chi connectivity index (χ1n) is 10.4. The van der Waals surface area contributed by atoms with E-state index in [0.29, 0.717) is 24.9 Å². The average Bonchev–Trinajstić information content (AvgIpc) is 3.25. The minimum absolute atomic E-state index is 0.0906. The Bertz CT molecular complexity index is 832. The molecule has 30 heavy (non-hydrogen) atoms. The second-order valence-electron chi connectivity index (χ2n) is 9.27. The Balaban J connectivity index is 1.68. The first-order chi connectivity index (χ1) is 14.0. The number of nitrogens with zero attached hydrogens (tertiary/aromatic N) is 1. The molecule has 2 unspecified atom stereocenters. The van der Waals surface area contributed by atoms with Crippen LogP contribution < -0.4 is 10.6 Å². The molecule has 3 rings (SSSR count). The number of carbonyl (C=O) groups excluding carboxylic acids is 3. The molecule has 8 heteroatoms. The number of aromatic hydroxyl groups is 1. The van der Waals surface area contributed by atoms with Gasteiger partial charge in [0.1, 0.15) is 17.8 Å². The van der Waals surface area contributed by atoms with Crippen molar-refractivity contribution in [1.29, 1.82) is 0 Å². The lowest BCUT2D eigenvalue weighted by atomic mass is 9.85. The number of rotatable bonds is 6. The van der Waals surface area contributed by atoms with Gasteiger partial charge in [-0.05, 0) is 37.2 Å². The Labute approximate surface area is 176 Å². The van der Waals surface area contributed by atoms with Crippen LogP contribution in [0.5, 0.6) is 5.75 Å².